The SMILES string of the molecule is CCC(C)NC(=O)c1coc(CSc2nnc(-c3ccccc3)n2-c2ccccc2F)n1. The van der Waals surface area contributed by atoms with E-state index in [1.807, 2.05) is 44.2 Å². The maximum Gasteiger partial charge on any atom is 0.273 e. The van der Waals surface area contributed by atoms with Gasteiger partial charge in [0.05, 0.1) is 11.4 Å². The van der Waals surface area contributed by atoms with Crippen molar-refractivity contribution in [3.63, 3.8) is 0 Å². The van der Waals surface area contributed by atoms with Crippen LogP contribution in [0, 0.1) is 5.82 Å². The van der Waals surface area contributed by atoms with Gasteiger partial charge in [-0.2, -0.15) is 0 Å². The van der Waals surface area contributed by atoms with E-state index >= 15 is 0 Å². The number of amides is 1. The van der Waals surface area contributed by atoms with Crippen LogP contribution in [0.2, 0.25) is 0 Å². The minimum Gasteiger partial charge on any atom is -0.447 e. The molecular weight excluding hydrogens is 429 g/mol. The van der Waals surface area contributed by atoms with Crippen LogP contribution in [0.3, 0.4) is 0 Å². The zero-order chi connectivity index (χ0) is 22.5. The minimum absolute atomic E-state index is 0.0488. The largest absolute Gasteiger partial charge is 0.447 e. The molecule has 2 aromatic heterocycles. The Bertz CT molecular complexity index is 1210. The molecule has 1 amide bonds. The van der Waals surface area contributed by atoms with E-state index < -0.39 is 0 Å². The smallest absolute Gasteiger partial charge is 0.273 e. The number of carbonyl (C=O) groups excluding carboxylic acids is 1. The second-order valence-corrected chi connectivity index (χ2v) is 8.10. The van der Waals surface area contributed by atoms with Gasteiger partial charge in [-0.25, -0.2) is 9.37 Å². The number of aromatic nitrogens is 4. The fourth-order valence-corrected chi connectivity index (χ4v) is 3.79. The molecule has 0 aliphatic carbocycles. The van der Waals surface area contributed by atoms with Crippen LogP contribution in [0.4, 0.5) is 4.39 Å². The summed E-state index contributed by atoms with van der Waals surface area (Å²) in [4.78, 5) is 16.5. The summed E-state index contributed by atoms with van der Waals surface area (Å²) < 4.78 is 21.8. The Balaban J connectivity index is 1.59. The molecule has 0 aliphatic heterocycles. The number of halogens is 1. The van der Waals surface area contributed by atoms with Crippen LogP contribution < -0.4 is 5.32 Å². The van der Waals surface area contributed by atoms with Crippen molar-refractivity contribution in [2.45, 2.75) is 37.2 Å². The van der Waals surface area contributed by atoms with Crippen LogP contribution in [0.25, 0.3) is 17.1 Å². The van der Waals surface area contributed by atoms with Gasteiger partial charge in [-0.15, -0.1) is 10.2 Å². The monoisotopic (exact) mass is 451 g/mol. The highest BCUT2D eigenvalue weighted by atomic mass is 32.2. The number of thioether (sulfide) groups is 1. The molecule has 0 spiro atoms. The lowest BCUT2D eigenvalue weighted by molar-refractivity contribution is 0.0934. The van der Waals surface area contributed by atoms with Gasteiger partial charge in [0.2, 0.25) is 5.89 Å². The highest BCUT2D eigenvalue weighted by Crippen LogP contribution is 2.30. The van der Waals surface area contributed by atoms with Crippen LogP contribution in [-0.4, -0.2) is 31.7 Å². The van der Waals surface area contributed by atoms with Gasteiger partial charge < -0.3 is 9.73 Å². The molecular formula is C23H22FN5O2S. The topological polar surface area (TPSA) is 85.8 Å². The van der Waals surface area contributed by atoms with Crippen molar-refractivity contribution in [3.05, 3.63) is 78.3 Å². The van der Waals surface area contributed by atoms with E-state index in [0.717, 1.165) is 12.0 Å². The van der Waals surface area contributed by atoms with E-state index in [9.17, 15) is 9.18 Å². The number of nitrogens with zero attached hydrogens (tertiary/aromatic N) is 4. The molecule has 1 N–H and O–H groups in total. The van der Waals surface area contributed by atoms with Crippen LogP contribution in [0.1, 0.15) is 36.6 Å². The van der Waals surface area contributed by atoms with Crippen molar-refractivity contribution < 1.29 is 13.6 Å². The molecule has 0 aliphatic rings. The first-order valence-corrected chi connectivity index (χ1v) is 11.2. The van der Waals surface area contributed by atoms with E-state index in [0.29, 0.717) is 28.3 Å². The molecule has 0 saturated heterocycles. The summed E-state index contributed by atoms with van der Waals surface area (Å²) in [6.07, 6.45) is 2.16. The molecule has 164 valence electrons. The predicted octanol–water partition coefficient (Wildman–Crippen LogP) is 4.88. The Kier molecular flexibility index (Phi) is 6.65. The zero-order valence-electron chi connectivity index (χ0n) is 17.7. The third-order valence-electron chi connectivity index (χ3n) is 4.86. The fraction of sp³-hybridized carbons (Fsp3) is 0.217. The van der Waals surface area contributed by atoms with Crippen LogP contribution >= 0.6 is 11.8 Å². The number of nitrogens with one attached hydrogen (secondary N) is 1. The Labute approximate surface area is 189 Å². The summed E-state index contributed by atoms with van der Waals surface area (Å²) in [5, 5.41) is 11.9. The number of hydrogen-bond donors (Lipinski definition) is 1. The van der Waals surface area contributed by atoms with Gasteiger partial charge >= 0.3 is 0 Å². The number of rotatable bonds is 8. The van der Waals surface area contributed by atoms with E-state index in [1.165, 1.54) is 24.1 Å². The lowest BCUT2D eigenvalue weighted by Gasteiger charge is -2.10. The Morgan fingerprint density at radius 1 is 1.16 bits per heavy atom. The molecule has 4 aromatic rings. The van der Waals surface area contributed by atoms with E-state index in [2.05, 4.69) is 20.5 Å². The van der Waals surface area contributed by atoms with E-state index in [1.54, 1.807) is 22.8 Å². The van der Waals surface area contributed by atoms with Crippen molar-refractivity contribution in [3.8, 4) is 17.1 Å². The van der Waals surface area contributed by atoms with Crippen molar-refractivity contribution in [1.29, 1.82) is 0 Å². The first-order chi connectivity index (χ1) is 15.6. The molecule has 2 aromatic carbocycles. The second kappa shape index (κ2) is 9.78. The van der Waals surface area contributed by atoms with Gasteiger partial charge in [-0.05, 0) is 25.5 Å². The van der Waals surface area contributed by atoms with E-state index in [4.69, 9.17) is 4.42 Å². The number of para-hydroxylation sites is 1. The average molecular weight is 452 g/mol. The normalized spacial score (nSPS) is 12.0. The maximum absolute atomic E-state index is 14.7. The highest BCUT2D eigenvalue weighted by Gasteiger charge is 2.20. The van der Waals surface area contributed by atoms with Gasteiger partial charge in [0.25, 0.3) is 5.91 Å². The molecule has 1 atom stereocenters. The summed E-state index contributed by atoms with van der Waals surface area (Å²) in [6.45, 7) is 3.92. The minimum atomic E-state index is -0.383. The third-order valence-corrected chi connectivity index (χ3v) is 5.77. The highest BCUT2D eigenvalue weighted by molar-refractivity contribution is 7.98. The predicted molar refractivity (Wildman–Crippen MR) is 120 cm³/mol. The molecule has 0 saturated carbocycles. The number of hydrogen-bond acceptors (Lipinski definition) is 6. The molecule has 32 heavy (non-hydrogen) atoms. The number of carbonyl (C=O) groups is 1. The van der Waals surface area contributed by atoms with Gasteiger partial charge in [0.1, 0.15) is 12.1 Å². The molecule has 9 heteroatoms. The Hall–Kier alpha value is -3.46. The van der Waals surface area contributed by atoms with Gasteiger partial charge in [0.15, 0.2) is 16.7 Å². The molecule has 0 bridgehead atoms. The molecule has 4 rings (SSSR count). The Morgan fingerprint density at radius 2 is 1.91 bits per heavy atom. The lowest BCUT2D eigenvalue weighted by Crippen LogP contribution is -2.32. The van der Waals surface area contributed by atoms with Gasteiger partial charge in [0, 0.05) is 11.6 Å². The molecule has 1 unspecified atom stereocenters. The molecule has 2 heterocycles. The number of oxazole rings is 1. The lowest BCUT2D eigenvalue weighted by atomic mass is 10.2. The van der Waals surface area contributed by atoms with Gasteiger partial charge in [-0.3, -0.25) is 9.36 Å². The average Bonchev–Trinajstić information content (AvgIpc) is 3.46. The Morgan fingerprint density at radius 3 is 2.66 bits per heavy atom. The number of benzene rings is 2. The summed E-state index contributed by atoms with van der Waals surface area (Å²) in [7, 11) is 0. The summed E-state index contributed by atoms with van der Waals surface area (Å²) >= 11 is 1.30. The van der Waals surface area contributed by atoms with Crippen molar-refractivity contribution >= 4 is 17.7 Å². The standard InChI is InChI=1S/C23H22FN5O2S/c1-3-15(2)25-22(30)18-13-31-20(26-18)14-32-23-28-27-21(16-9-5-4-6-10-16)29(23)19-12-8-7-11-17(19)24/h4-13,15H,3,14H2,1-2H3,(H,25,30). The van der Waals surface area contributed by atoms with Crippen molar-refractivity contribution in [1.82, 2.24) is 25.1 Å². The van der Waals surface area contributed by atoms with Gasteiger partial charge in [-0.1, -0.05) is 61.2 Å². The summed E-state index contributed by atoms with van der Waals surface area (Å²) in [5.74, 6) is 0.539. The third kappa shape index (κ3) is 4.72. The van der Waals surface area contributed by atoms with Crippen LogP contribution in [-0.2, 0) is 5.75 Å². The maximum atomic E-state index is 14.7. The molecule has 7 nitrogen and oxygen atoms in total. The van der Waals surface area contributed by atoms with Crippen LogP contribution in [0.5, 0.6) is 0 Å². The first kappa shape index (κ1) is 21.8. The zero-order valence-corrected chi connectivity index (χ0v) is 18.5. The fourth-order valence-electron chi connectivity index (χ4n) is 3.00. The van der Waals surface area contributed by atoms with Crippen molar-refractivity contribution in [2.24, 2.45) is 0 Å². The first-order valence-electron chi connectivity index (χ1n) is 10.2. The summed E-state index contributed by atoms with van der Waals surface area (Å²) in [6, 6.07) is 16.0. The quantitative estimate of drug-likeness (QED) is 0.384. The van der Waals surface area contributed by atoms with Crippen LogP contribution in [0.15, 0.2) is 70.4 Å². The van der Waals surface area contributed by atoms with Crippen molar-refractivity contribution in [2.75, 3.05) is 0 Å². The summed E-state index contributed by atoms with van der Waals surface area (Å²) in [5.41, 5.74) is 1.39. The van der Waals surface area contributed by atoms with E-state index in [-0.39, 0.29) is 23.5 Å². The molecule has 0 fully saturated rings. The molecule has 0 radical (unpaired) electrons. The second-order valence-electron chi connectivity index (χ2n) is 7.16.